The van der Waals surface area contributed by atoms with Crippen molar-refractivity contribution in [3.05, 3.63) is 132 Å². The Balaban J connectivity index is 0.000000166. The molecule has 1 aromatic heterocycles. The lowest BCUT2D eigenvalue weighted by Crippen LogP contribution is -2.30. The summed E-state index contributed by atoms with van der Waals surface area (Å²) in [4.78, 5) is 39.7. The molecule has 2 amide bonds. The van der Waals surface area contributed by atoms with E-state index < -0.39 is 5.97 Å². The number of aromatic carboxylic acids is 1. The highest BCUT2D eigenvalue weighted by molar-refractivity contribution is 6.35. The van der Waals surface area contributed by atoms with E-state index in [0.717, 1.165) is 58.8 Å². The summed E-state index contributed by atoms with van der Waals surface area (Å²) in [7, 11) is 1.99. The van der Waals surface area contributed by atoms with Gasteiger partial charge in [-0.1, -0.05) is 98.8 Å². The molecule has 0 saturated carbocycles. The molecule has 9 heteroatoms. The van der Waals surface area contributed by atoms with Gasteiger partial charge < -0.3 is 30.9 Å². The van der Waals surface area contributed by atoms with E-state index >= 15 is 0 Å². The van der Waals surface area contributed by atoms with Gasteiger partial charge in [0.2, 0.25) is 5.91 Å². The van der Waals surface area contributed by atoms with Gasteiger partial charge in [-0.3, -0.25) is 9.59 Å². The lowest BCUT2D eigenvalue weighted by atomic mass is 10.00. The topological polar surface area (TPSA) is 127 Å². The number of aromatic nitrogens is 1. The zero-order chi connectivity index (χ0) is 35.5. The van der Waals surface area contributed by atoms with Crippen molar-refractivity contribution in [2.24, 2.45) is 0 Å². The number of carboxylic acids is 1. The number of nitrogens with one attached hydrogen (secondary N) is 4. The van der Waals surface area contributed by atoms with Crippen molar-refractivity contribution in [1.29, 1.82) is 0 Å². The minimum atomic E-state index is -1.03. The fourth-order valence-corrected chi connectivity index (χ4v) is 5.76. The molecule has 5 N–H and O–H groups in total. The Morgan fingerprint density at radius 2 is 1.40 bits per heavy atom. The molecule has 0 radical (unpaired) electrons. The van der Waals surface area contributed by atoms with E-state index in [4.69, 9.17) is 5.11 Å². The van der Waals surface area contributed by atoms with Crippen LogP contribution in [-0.4, -0.2) is 66.0 Å². The molecule has 50 heavy (non-hydrogen) atoms. The number of likely N-dealkylation sites (N-methyl/N-ethyl adjacent to an activating group) is 2. The van der Waals surface area contributed by atoms with Gasteiger partial charge in [0.05, 0.1) is 12.0 Å². The molecular formula is C41H43N5O4. The Kier molecular flexibility index (Phi) is 12.1. The van der Waals surface area contributed by atoms with Gasteiger partial charge in [0.15, 0.2) is 0 Å². The molecule has 0 atom stereocenters. The molecule has 9 nitrogen and oxygen atoms in total. The van der Waals surface area contributed by atoms with Crippen LogP contribution in [0, 0.1) is 0 Å². The van der Waals surface area contributed by atoms with E-state index in [1.54, 1.807) is 12.1 Å². The Bertz CT molecular complexity index is 1960. The molecule has 5 aromatic rings. The third-order valence-corrected chi connectivity index (χ3v) is 8.56. The number of carbonyl (C=O) groups excluding carboxylic acids is 2. The predicted octanol–water partition coefficient (Wildman–Crippen LogP) is 7.27. The number of carbonyl (C=O) groups is 3. The number of rotatable bonds is 9. The van der Waals surface area contributed by atoms with Crippen molar-refractivity contribution >= 4 is 40.8 Å². The summed E-state index contributed by atoms with van der Waals surface area (Å²) in [6, 6.07) is 35.2. The first-order valence-electron chi connectivity index (χ1n) is 16.8. The van der Waals surface area contributed by atoms with E-state index in [2.05, 4.69) is 57.9 Å². The zero-order valence-corrected chi connectivity index (χ0v) is 28.6. The van der Waals surface area contributed by atoms with Crippen LogP contribution in [0.5, 0.6) is 0 Å². The molecule has 3 heterocycles. The van der Waals surface area contributed by atoms with E-state index in [1.165, 1.54) is 18.2 Å². The average molecular weight is 670 g/mol. The van der Waals surface area contributed by atoms with Crippen LogP contribution >= 0.6 is 0 Å². The first-order valence-corrected chi connectivity index (χ1v) is 16.8. The van der Waals surface area contributed by atoms with Gasteiger partial charge in [-0.2, -0.15) is 0 Å². The van der Waals surface area contributed by atoms with Crippen molar-refractivity contribution in [2.45, 2.75) is 20.3 Å². The Morgan fingerprint density at radius 3 is 1.98 bits per heavy atom. The van der Waals surface area contributed by atoms with Gasteiger partial charge in [0, 0.05) is 35.7 Å². The third-order valence-electron chi connectivity index (χ3n) is 8.56. The number of nitrogens with zero attached hydrogens (tertiary/aromatic N) is 1. The van der Waals surface area contributed by atoms with Gasteiger partial charge in [0.25, 0.3) is 5.91 Å². The first-order chi connectivity index (χ1) is 24.3. The van der Waals surface area contributed by atoms with E-state index in [0.29, 0.717) is 17.7 Å². The van der Waals surface area contributed by atoms with E-state index in [1.807, 2.05) is 85.9 Å². The maximum absolute atomic E-state index is 12.3. The van der Waals surface area contributed by atoms with Crippen LogP contribution in [-0.2, 0) is 16.0 Å². The molecular weight excluding hydrogens is 626 g/mol. The average Bonchev–Trinajstić information content (AvgIpc) is 3.86. The largest absolute Gasteiger partial charge is 0.477 e. The third kappa shape index (κ3) is 9.02. The number of aromatic amines is 1. The molecule has 0 saturated heterocycles. The molecule has 0 unspecified atom stereocenters. The van der Waals surface area contributed by atoms with E-state index in [9.17, 15) is 14.4 Å². The number of H-pyrrole nitrogens is 1. The summed E-state index contributed by atoms with van der Waals surface area (Å²) in [6.07, 6.45) is 2.17. The Morgan fingerprint density at radius 1 is 0.780 bits per heavy atom. The second-order valence-corrected chi connectivity index (χ2v) is 11.9. The number of hydrogen-bond acceptors (Lipinski definition) is 5. The van der Waals surface area contributed by atoms with Crippen molar-refractivity contribution < 1.29 is 19.5 Å². The summed E-state index contributed by atoms with van der Waals surface area (Å²) in [5, 5.41) is 17.8. The summed E-state index contributed by atoms with van der Waals surface area (Å²) >= 11 is 0. The van der Waals surface area contributed by atoms with Gasteiger partial charge in [-0.15, -0.1) is 0 Å². The van der Waals surface area contributed by atoms with Crippen LogP contribution in [0.4, 0.5) is 11.4 Å². The fraction of sp³-hybridized carbons (Fsp3) is 0.195. The zero-order valence-electron chi connectivity index (χ0n) is 28.6. The normalized spacial score (nSPS) is 13.4. The first kappa shape index (κ1) is 35.5. The van der Waals surface area contributed by atoms with Crippen LogP contribution in [0.1, 0.15) is 41.2 Å². The number of amides is 2. The Hall–Kier alpha value is -5.77. The molecule has 0 fully saturated rings. The number of hydrogen-bond donors (Lipinski definition) is 5. The van der Waals surface area contributed by atoms with Crippen LogP contribution in [0.3, 0.4) is 0 Å². The van der Waals surface area contributed by atoms with Crippen molar-refractivity contribution in [1.82, 2.24) is 15.2 Å². The SMILES string of the molecule is CCN(CC)CCNC.O=C1Cc2ccc(-c3ccccc3)cc2N1.O=C1Nc2cc(-c3ccccc3)ccc2C1=Cc1ccc(C(=O)O)[nH]1. The van der Waals surface area contributed by atoms with Crippen molar-refractivity contribution in [3.63, 3.8) is 0 Å². The standard InChI is InChI=1S/C20H14N2O3.C14H11NO.C7H18N2/c23-19-16(11-14-7-9-17(21-14)20(24)25)15-8-6-13(10-18(15)22-19)12-4-2-1-3-5-12;16-14-9-12-7-6-11(8-13(12)15-14)10-4-2-1-3-5-10;1-4-9(5-2)7-6-8-3/h1-11,21H,(H,22,23)(H,24,25);1-8H,9H2,(H,15,16);8H,4-7H2,1-3H3. The van der Waals surface area contributed by atoms with Crippen LogP contribution in [0.2, 0.25) is 0 Å². The van der Waals surface area contributed by atoms with Crippen LogP contribution < -0.4 is 16.0 Å². The maximum atomic E-state index is 12.3. The van der Waals surface area contributed by atoms with Crippen LogP contribution in [0.25, 0.3) is 33.9 Å². The molecule has 2 aliphatic rings. The van der Waals surface area contributed by atoms with Gasteiger partial charge >= 0.3 is 5.97 Å². The van der Waals surface area contributed by atoms with Gasteiger partial charge in [-0.25, -0.2) is 4.79 Å². The summed E-state index contributed by atoms with van der Waals surface area (Å²) in [6.45, 7) is 8.99. The van der Waals surface area contributed by atoms with E-state index in [-0.39, 0.29) is 17.5 Å². The minimum absolute atomic E-state index is 0.0835. The van der Waals surface area contributed by atoms with Gasteiger partial charge in [-0.05, 0) is 78.3 Å². The van der Waals surface area contributed by atoms with Gasteiger partial charge in [0.1, 0.15) is 5.69 Å². The molecule has 0 spiro atoms. The quantitative estimate of drug-likeness (QED) is 0.105. The number of carboxylic acid groups (broad SMARTS) is 1. The predicted molar refractivity (Wildman–Crippen MR) is 202 cm³/mol. The summed E-state index contributed by atoms with van der Waals surface area (Å²) in [5.41, 5.74) is 9.17. The molecule has 7 rings (SSSR count). The lowest BCUT2D eigenvalue weighted by Gasteiger charge is -2.16. The van der Waals surface area contributed by atoms with Crippen LogP contribution in [0.15, 0.2) is 109 Å². The second-order valence-electron chi connectivity index (χ2n) is 11.9. The molecule has 0 aliphatic carbocycles. The maximum Gasteiger partial charge on any atom is 0.352 e. The molecule has 256 valence electrons. The molecule has 4 aromatic carbocycles. The summed E-state index contributed by atoms with van der Waals surface area (Å²) < 4.78 is 0. The fourth-order valence-electron chi connectivity index (χ4n) is 5.76. The number of benzene rings is 4. The minimum Gasteiger partial charge on any atom is -0.477 e. The lowest BCUT2D eigenvalue weighted by molar-refractivity contribution is -0.115. The molecule has 2 aliphatic heterocycles. The highest BCUT2D eigenvalue weighted by Crippen LogP contribution is 2.36. The Labute approximate surface area is 293 Å². The smallest absolute Gasteiger partial charge is 0.352 e. The molecule has 0 bridgehead atoms. The second kappa shape index (κ2) is 17.1. The monoisotopic (exact) mass is 669 g/mol. The van der Waals surface area contributed by atoms with Crippen molar-refractivity contribution in [3.8, 4) is 22.3 Å². The summed E-state index contributed by atoms with van der Waals surface area (Å²) in [5.74, 6) is -1.15. The number of fused-ring (bicyclic) bond motifs is 2. The highest BCUT2D eigenvalue weighted by Gasteiger charge is 2.25. The highest BCUT2D eigenvalue weighted by atomic mass is 16.4. The van der Waals surface area contributed by atoms with Crippen molar-refractivity contribution in [2.75, 3.05) is 43.9 Å². The number of anilines is 2.